The first-order valence-electron chi connectivity index (χ1n) is 10.3. The third-order valence-corrected chi connectivity index (χ3v) is 5.37. The molecule has 0 aliphatic heterocycles. The van der Waals surface area contributed by atoms with Crippen LogP contribution in [-0.2, 0) is 11.2 Å². The van der Waals surface area contributed by atoms with Crippen molar-refractivity contribution in [2.75, 3.05) is 14.2 Å². The number of carbonyl (C=O) groups is 2. The molecule has 1 amide bonds. The van der Waals surface area contributed by atoms with E-state index >= 15 is 0 Å². The van der Waals surface area contributed by atoms with Crippen molar-refractivity contribution in [3.05, 3.63) is 84.1 Å². The number of carboxylic acid groups (broad SMARTS) is 1. The van der Waals surface area contributed by atoms with E-state index in [1.807, 2.05) is 48.5 Å². The zero-order chi connectivity index (χ0) is 23.4. The van der Waals surface area contributed by atoms with Crippen LogP contribution in [0.1, 0.15) is 16.1 Å². The maximum Gasteiger partial charge on any atom is 0.326 e. The highest BCUT2D eigenvalue weighted by atomic mass is 16.5. The molecule has 0 saturated carbocycles. The zero-order valence-corrected chi connectivity index (χ0v) is 18.2. The van der Waals surface area contributed by atoms with Gasteiger partial charge in [0, 0.05) is 11.8 Å². The van der Waals surface area contributed by atoms with Gasteiger partial charge in [-0.1, -0.05) is 36.4 Å². The fourth-order valence-electron chi connectivity index (χ4n) is 3.54. The van der Waals surface area contributed by atoms with E-state index in [4.69, 9.17) is 13.9 Å². The SMILES string of the molecule is COc1ccc(-c2ccc(CC(NC(=O)c3cc4cc(OC)ccc4o3)C(=O)O)cc2)cc1. The van der Waals surface area contributed by atoms with E-state index in [0.717, 1.165) is 22.4 Å². The number of furan rings is 1. The number of carboxylic acids is 1. The van der Waals surface area contributed by atoms with Crippen LogP contribution in [0, 0.1) is 0 Å². The Bertz CT molecular complexity index is 1270. The Morgan fingerprint density at radius 1 is 0.879 bits per heavy atom. The number of carbonyl (C=O) groups excluding carboxylic acids is 1. The molecule has 0 aliphatic carbocycles. The summed E-state index contributed by atoms with van der Waals surface area (Å²) in [5.74, 6) is -0.261. The number of ether oxygens (including phenoxy) is 2. The molecule has 0 spiro atoms. The van der Waals surface area contributed by atoms with E-state index < -0.39 is 17.9 Å². The molecule has 2 N–H and O–H groups in total. The Balaban J connectivity index is 1.46. The molecular weight excluding hydrogens is 422 g/mol. The molecule has 1 heterocycles. The summed E-state index contributed by atoms with van der Waals surface area (Å²) >= 11 is 0. The largest absolute Gasteiger partial charge is 0.497 e. The summed E-state index contributed by atoms with van der Waals surface area (Å²) in [6.07, 6.45) is 0.137. The van der Waals surface area contributed by atoms with Crippen LogP contribution in [0.2, 0.25) is 0 Å². The van der Waals surface area contributed by atoms with E-state index in [9.17, 15) is 14.7 Å². The lowest BCUT2D eigenvalue weighted by atomic mass is 10.0. The van der Waals surface area contributed by atoms with Gasteiger partial charge < -0.3 is 24.3 Å². The second-order valence-corrected chi connectivity index (χ2v) is 7.51. The number of aliphatic carboxylic acids is 1. The summed E-state index contributed by atoms with van der Waals surface area (Å²) in [6.45, 7) is 0. The minimum absolute atomic E-state index is 0.0411. The summed E-state index contributed by atoms with van der Waals surface area (Å²) in [4.78, 5) is 24.5. The number of rotatable bonds is 8. The van der Waals surface area contributed by atoms with Gasteiger partial charge in [-0.2, -0.15) is 0 Å². The molecule has 3 aromatic carbocycles. The number of fused-ring (bicyclic) bond motifs is 1. The van der Waals surface area contributed by atoms with E-state index in [0.29, 0.717) is 16.7 Å². The Morgan fingerprint density at radius 3 is 2.09 bits per heavy atom. The van der Waals surface area contributed by atoms with Crippen molar-refractivity contribution in [2.24, 2.45) is 0 Å². The first-order valence-corrected chi connectivity index (χ1v) is 10.3. The average molecular weight is 445 g/mol. The molecule has 4 rings (SSSR count). The van der Waals surface area contributed by atoms with Gasteiger partial charge in [-0.15, -0.1) is 0 Å². The van der Waals surface area contributed by atoms with Crippen LogP contribution in [0.4, 0.5) is 0 Å². The van der Waals surface area contributed by atoms with Gasteiger partial charge in [-0.05, 0) is 53.1 Å². The topological polar surface area (TPSA) is 98.0 Å². The molecular formula is C26H23NO6. The fourth-order valence-corrected chi connectivity index (χ4v) is 3.54. The number of hydrogen-bond acceptors (Lipinski definition) is 5. The summed E-state index contributed by atoms with van der Waals surface area (Å²) in [5.41, 5.74) is 3.32. The summed E-state index contributed by atoms with van der Waals surface area (Å²) in [6, 6.07) is 20.9. The second-order valence-electron chi connectivity index (χ2n) is 7.51. The monoisotopic (exact) mass is 445 g/mol. The molecule has 0 aliphatic rings. The van der Waals surface area contributed by atoms with Crippen LogP contribution in [0.25, 0.3) is 22.1 Å². The molecule has 0 saturated heterocycles. The predicted octanol–water partition coefficient (Wildman–Crippen LogP) is 4.54. The number of benzene rings is 3. The van der Waals surface area contributed by atoms with Crippen molar-refractivity contribution in [3.63, 3.8) is 0 Å². The highest BCUT2D eigenvalue weighted by Gasteiger charge is 2.23. The molecule has 7 heteroatoms. The lowest BCUT2D eigenvalue weighted by Gasteiger charge is -2.14. The molecule has 4 aromatic rings. The van der Waals surface area contributed by atoms with E-state index in [1.54, 1.807) is 38.5 Å². The Hall–Kier alpha value is -4.26. The molecule has 168 valence electrons. The quantitative estimate of drug-likeness (QED) is 0.413. The normalized spacial score (nSPS) is 11.7. The Morgan fingerprint density at radius 2 is 1.48 bits per heavy atom. The van der Waals surface area contributed by atoms with Crippen molar-refractivity contribution >= 4 is 22.8 Å². The van der Waals surface area contributed by atoms with Crippen molar-refractivity contribution in [3.8, 4) is 22.6 Å². The average Bonchev–Trinajstić information content (AvgIpc) is 3.27. The molecule has 1 unspecified atom stereocenters. The van der Waals surface area contributed by atoms with Crippen LogP contribution in [0.15, 0.2) is 77.2 Å². The van der Waals surface area contributed by atoms with Crippen molar-refractivity contribution in [2.45, 2.75) is 12.5 Å². The van der Waals surface area contributed by atoms with Crippen LogP contribution in [-0.4, -0.2) is 37.2 Å². The minimum Gasteiger partial charge on any atom is -0.497 e. The first kappa shape index (κ1) is 22.0. The highest BCUT2D eigenvalue weighted by molar-refractivity contribution is 5.98. The van der Waals surface area contributed by atoms with Gasteiger partial charge in [0.05, 0.1) is 14.2 Å². The standard InChI is InChI=1S/C26H23NO6/c1-31-20-9-7-18(8-10-20)17-5-3-16(4-6-17)13-22(26(29)30)27-25(28)24-15-19-14-21(32-2)11-12-23(19)33-24/h3-12,14-15,22H,13H2,1-2H3,(H,27,28)(H,29,30). The maximum absolute atomic E-state index is 12.7. The van der Waals surface area contributed by atoms with Crippen molar-refractivity contribution < 1.29 is 28.6 Å². The van der Waals surface area contributed by atoms with Gasteiger partial charge in [0.1, 0.15) is 23.1 Å². The van der Waals surface area contributed by atoms with Crippen LogP contribution in [0.5, 0.6) is 11.5 Å². The van der Waals surface area contributed by atoms with E-state index in [2.05, 4.69) is 5.32 Å². The van der Waals surface area contributed by atoms with Gasteiger partial charge in [0.15, 0.2) is 5.76 Å². The highest BCUT2D eigenvalue weighted by Crippen LogP contribution is 2.25. The number of amides is 1. The van der Waals surface area contributed by atoms with Crippen molar-refractivity contribution in [1.29, 1.82) is 0 Å². The number of nitrogens with one attached hydrogen (secondary N) is 1. The maximum atomic E-state index is 12.7. The van der Waals surface area contributed by atoms with Gasteiger partial charge in [-0.3, -0.25) is 4.79 Å². The van der Waals surface area contributed by atoms with Crippen LogP contribution >= 0.6 is 0 Å². The van der Waals surface area contributed by atoms with E-state index in [1.165, 1.54) is 0 Å². The molecule has 0 radical (unpaired) electrons. The van der Waals surface area contributed by atoms with Gasteiger partial charge in [0.25, 0.3) is 5.91 Å². The summed E-state index contributed by atoms with van der Waals surface area (Å²) in [5, 5.41) is 12.9. The molecule has 1 aromatic heterocycles. The second kappa shape index (κ2) is 9.48. The van der Waals surface area contributed by atoms with Crippen LogP contribution < -0.4 is 14.8 Å². The smallest absolute Gasteiger partial charge is 0.326 e. The summed E-state index contributed by atoms with van der Waals surface area (Å²) in [7, 11) is 3.17. The molecule has 1 atom stereocenters. The summed E-state index contributed by atoms with van der Waals surface area (Å²) < 4.78 is 15.9. The lowest BCUT2D eigenvalue weighted by molar-refractivity contribution is -0.139. The molecule has 0 bridgehead atoms. The van der Waals surface area contributed by atoms with Gasteiger partial charge in [-0.25, -0.2) is 4.79 Å². The number of hydrogen-bond donors (Lipinski definition) is 2. The Kier molecular flexibility index (Phi) is 6.31. The molecule has 33 heavy (non-hydrogen) atoms. The van der Waals surface area contributed by atoms with Gasteiger partial charge >= 0.3 is 5.97 Å². The first-order chi connectivity index (χ1) is 16.0. The zero-order valence-electron chi connectivity index (χ0n) is 18.2. The fraction of sp³-hybridized carbons (Fsp3) is 0.154. The molecule has 0 fully saturated rings. The third kappa shape index (κ3) is 4.98. The van der Waals surface area contributed by atoms with Gasteiger partial charge in [0.2, 0.25) is 0 Å². The van der Waals surface area contributed by atoms with Crippen molar-refractivity contribution in [1.82, 2.24) is 5.32 Å². The minimum atomic E-state index is -1.12. The predicted molar refractivity (Wildman–Crippen MR) is 124 cm³/mol. The lowest BCUT2D eigenvalue weighted by Crippen LogP contribution is -2.42. The van der Waals surface area contributed by atoms with Crippen LogP contribution in [0.3, 0.4) is 0 Å². The number of methoxy groups -OCH3 is 2. The van der Waals surface area contributed by atoms with E-state index in [-0.39, 0.29) is 12.2 Å². The molecule has 7 nitrogen and oxygen atoms in total. The Labute approximate surface area is 190 Å². The third-order valence-electron chi connectivity index (χ3n) is 5.37.